The Labute approximate surface area is 124 Å². The van der Waals surface area contributed by atoms with Crippen molar-refractivity contribution in [3.8, 4) is 0 Å². The van der Waals surface area contributed by atoms with Crippen LogP contribution in [0.3, 0.4) is 0 Å². The number of rotatable bonds is 6. The van der Waals surface area contributed by atoms with Crippen molar-refractivity contribution in [1.82, 2.24) is 15.7 Å². The maximum atomic E-state index is 10.9. The van der Waals surface area contributed by atoms with Crippen LogP contribution in [0.4, 0.5) is 4.79 Å². The smallest absolute Gasteiger partial charge is 0.316 e. The fourth-order valence-corrected chi connectivity index (χ4v) is 1.84. The molecule has 1 aromatic heterocycles. The zero-order valence-corrected chi connectivity index (χ0v) is 12.7. The van der Waals surface area contributed by atoms with Crippen LogP contribution in [0.25, 0.3) is 0 Å². The number of nitrogens with one attached hydrogen (secondary N) is 2. The molecule has 1 heterocycles. The first-order valence-electron chi connectivity index (χ1n) is 6.41. The van der Waals surface area contributed by atoms with Crippen molar-refractivity contribution in [2.75, 3.05) is 14.2 Å². The predicted octanol–water partition coefficient (Wildman–Crippen LogP) is -0.409. The topological polar surface area (TPSA) is 102 Å². The first-order valence-corrected chi connectivity index (χ1v) is 6.41. The molecule has 0 fully saturated rings. The van der Waals surface area contributed by atoms with Crippen LogP contribution in [0, 0.1) is 0 Å². The number of nitrogens with two attached hydrogens (primary N) is 1. The molecule has 7 nitrogen and oxygen atoms in total. The highest BCUT2D eigenvalue weighted by Gasteiger charge is 2.10. The number of hydrogen-bond acceptors (Lipinski definition) is 5. The Morgan fingerprint density at radius 2 is 2.19 bits per heavy atom. The molecular weight excluding hydrogens is 269 g/mol. The van der Waals surface area contributed by atoms with E-state index in [-0.39, 0.29) is 0 Å². The summed E-state index contributed by atoms with van der Waals surface area (Å²) < 4.78 is 0. The molecule has 0 bridgehead atoms. The van der Waals surface area contributed by atoms with E-state index < -0.39 is 6.03 Å². The van der Waals surface area contributed by atoms with E-state index in [4.69, 9.17) is 10.6 Å². The van der Waals surface area contributed by atoms with Crippen molar-refractivity contribution in [2.24, 2.45) is 10.7 Å². The van der Waals surface area contributed by atoms with Gasteiger partial charge < -0.3 is 15.9 Å². The van der Waals surface area contributed by atoms with E-state index in [1.807, 2.05) is 19.1 Å². The Balaban J connectivity index is 3.08. The monoisotopic (exact) mass is 289 g/mol. The van der Waals surface area contributed by atoms with E-state index >= 15 is 0 Å². The van der Waals surface area contributed by atoms with Crippen LogP contribution >= 0.6 is 0 Å². The first kappa shape index (κ1) is 16.9. The highest BCUT2D eigenvalue weighted by molar-refractivity contribution is 6.49. The van der Waals surface area contributed by atoms with E-state index in [2.05, 4.69) is 20.7 Å². The van der Waals surface area contributed by atoms with E-state index in [1.165, 1.54) is 0 Å². The lowest BCUT2D eigenvalue weighted by Crippen LogP contribution is -2.32. The number of aliphatic imine (C=N–C) groups is 1. The van der Waals surface area contributed by atoms with Gasteiger partial charge in [-0.2, -0.15) is 0 Å². The van der Waals surface area contributed by atoms with Crippen molar-refractivity contribution in [1.29, 1.82) is 0 Å². The maximum absolute atomic E-state index is 10.9. The molecule has 0 unspecified atom stereocenters. The molecule has 0 saturated heterocycles. The maximum Gasteiger partial charge on any atom is 0.316 e. The number of carbonyl (C=O) groups excluding carboxylic acids is 1. The molecule has 0 aromatic carbocycles. The van der Waals surface area contributed by atoms with Crippen molar-refractivity contribution >= 4 is 24.8 Å². The number of allylic oxidation sites excluding steroid dienone is 2. The van der Waals surface area contributed by atoms with Gasteiger partial charge in [-0.1, -0.05) is 0 Å². The van der Waals surface area contributed by atoms with Gasteiger partial charge in [-0.3, -0.25) is 9.98 Å². The molecule has 0 saturated carbocycles. The van der Waals surface area contributed by atoms with Crippen molar-refractivity contribution in [2.45, 2.75) is 13.8 Å². The van der Waals surface area contributed by atoms with Gasteiger partial charge >= 0.3 is 6.03 Å². The number of amides is 2. The summed E-state index contributed by atoms with van der Waals surface area (Å²) in [5, 5.41) is 5.30. The Kier molecular flexibility index (Phi) is 6.57. The average molecular weight is 289 g/mol. The van der Waals surface area contributed by atoms with Gasteiger partial charge in [0, 0.05) is 30.1 Å². The zero-order valence-electron chi connectivity index (χ0n) is 12.7. The second-order valence-electron chi connectivity index (χ2n) is 4.37. The van der Waals surface area contributed by atoms with Gasteiger partial charge in [-0.25, -0.2) is 10.2 Å². The molecular formula is C13H20BN5O2. The largest absolute Gasteiger partial charge is 0.351 e. The number of nitrogens with zero attached hydrogens (tertiary/aromatic N) is 2. The first-order chi connectivity index (χ1) is 9.99. The summed E-state index contributed by atoms with van der Waals surface area (Å²) in [6.45, 7) is 3.65. The Morgan fingerprint density at radius 1 is 1.48 bits per heavy atom. The third-order valence-corrected chi connectivity index (χ3v) is 2.94. The van der Waals surface area contributed by atoms with Gasteiger partial charge in [0.25, 0.3) is 7.41 Å². The molecule has 0 spiro atoms. The number of pyridine rings is 1. The second-order valence-corrected chi connectivity index (χ2v) is 4.37. The Hall–Kier alpha value is -2.19. The number of aromatic nitrogens is 1. The third-order valence-electron chi connectivity index (χ3n) is 2.94. The molecule has 0 radical (unpaired) electrons. The molecule has 0 atom stereocenters. The van der Waals surface area contributed by atoms with E-state index in [0.29, 0.717) is 13.1 Å². The van der Waals surface area contributed by atoms with Crippen molar-refractivity contribution in [3.63, 3.8) is 0 Å². The quantitative estimate of drug-likeness (QED) is 0.376. The second kappa shape index (κ2) is 8.18. The summed E-state index contributed by atoms with van der Waals surface area (Å²) in [6.07, 6.45) is 1.71. The van der Waals surface area contributed by atoms with Gasteiger partial charge in [-0.05, 0) is 31.6 Å². The molecule has 1 rings (SSSR count). The summed E-state index contributed by atoms with van der Waals surface area (Å²) in [7, 11) is 3.74. The van der Waals surface area contributed by atoms with Gasteiger partial charge in [0.15, 0.2) is 0 Å². The number of urea groups is 1. The van der Waals surface area contributed by atoms with E-state index in [9.17, 15) is 4.79 Å². The fraction of sp³-hybridized carbons (Fsp3) is 0.308. The lowest BCUT2D eigenvalue weighted by Gasteiger charge is -2.12. The van der Waals surface area contributed by atoms with Crippen LogP contribution in [-0.2, 0) is 4.84 Å². The molecule has 4 N–H and O–H groups in total. The standard InChI is InChI=1S/C13H20BN5O2/c1-8(9(2)18-13(15)20)12(16-3)10-5-6-17-11(7-10)14-19-21-4/h5-7,14,19H,1-4H3,(H3,15,18,20)/b9-8+,16-12+. The van der Waals surface area contributed by atoms with Crippen LogP contribution in [-0.4, -0.2) is 38.3 Å². The van der Waals surface area contributed by atoms with Gasteiger partial charge in [0.1, 0.15) is 0 Å². The SMILES string of the molecule is C/N=C(\C(C)=C(/C)NC(N)=O)c1ccnc(BNOC)c1. The Morgan fingerprint density at radius 3 is 2.76 bits per heavy atom. The fourth-order valence-electron chi connectivity index (χ4n) is 1.84. The highest BCUT2D eigenvalue weighted by atomic mass is 16.6. The van der Waals surface area contributed by atoms with E-state index in [1.54, 1.807) is 27.3 Å². The molecule has 0 aliphatic rings. The van der Waals surface area contributed by atoms with Crippen LogP contribution in [0.5, 0.6) is 0 Å². The molecule has 0 aliphatic carbocycles. The Bertz CT molecular complexity index is 571. The van der Waals surface area contributed by atoms with Crippen LogP contribution in [0.2, 0.25) is 0 Å². The molecule has 1 aromatic rings. The third kappa shape index (κ3) is 5.01. The number of carbonyl (C=O) groups is 1. The molecule has 0 aliphatic heterocycles. The summed E-state index contributed by atoms with van der Waals surface area (Å²) in [5.74, 6) is 0. The summed E-state index contributed by atoms with van der Waals surface area (Å²) in [5.41, 5.74) is 9.13. The highest BCUT2D eigenvalue weighted by Crippen LogP contribution is 2.10. The summed E-state index contributed by atoms with van der Waals surface area (Å²) in [6, 6.07) is 3.18. The summed E-state index contributed by atoms with van der Waals surface area (Å²) >= 11 is 0. The lowest BCUT2D eigenvalue weighted by atomic mass is 9.88. The average Bonchev–Trinajstić information content (AvgIpc) is 2.45. The van der Waals surface area contributed by atoms with Crippen LogP contribution in [0.1, 0.15) is 19.4 Å². The minimum Gasteiger partial charge on any atom is -0.351 e. The van der Waals surface area contributed by atoms with Crippen LogP contribution in [0.15, 0.2) is 34.6 Å². The zero-order chi connectivity index (χ0) is 15.8. The van der Waals surface area contributed by atoms with Gasteiger partial charge in [0.05, 0.1) is 12.8 Å². The predicted molar refractivity (Wildman–Crippen MR) is 84.7 cm³/mol. The van der Waals surface area contributed by atoms with Gasteiger partial charge in [0.2, 0.25) is 0 Å². The van der Waals surface area contributed by atoms with E-state index in [0.717, 1.165) is 22.4 Å². The van der Waals surface area contributed by atoms with Gasteiger partial charge in [-0.15, -0.1) is 0 Å². The number of hydrogen-bond donors (Lipinski definition) is 3. The minimum absolute atomic E-state index is 0.489. The number of primary amides is 1. The van der Waals surface area contributed by atoms with Crippen molar-refractivity contribution in [3.05, 3.63) is 35.2 Å². The molecule has 2 amide bonds. The summed E-state index contributed by atoms with van der Waals surface area (Å²) in [4.78, 5) is 24.3. The molecule has 8 heteroatoms. The molecule has 112 valence electrons. The van der Waals surface area contributed by atoms with Crippen molar-refractivity contribution < 1.29 is 9.63 Å². The molecule has 21 heavy (non-hydrogen) atoms. The lowest BCUT2D eigenvalue weighted by molar-refractivity contribution is 0.154. The van der Waals surface area contributed by atoms with Crippen LogP contribution < -0.4 is 22.0 Å². The minimum atomic E-state index is -0.595. The normalized spacial score (nSPS) is 12.7.